The fraction of sp³-hybridized carbons (Fsp3) is 0.571. The highest BCUT2D eigenvalue weighted by atomic mass is 16.5. The molecule has 0 aromatic rings. The van der Waals surface area contributed by atoms with Crippen LogP contribution in [0.15, 0.2) is 11.7 Å². The molecule has 0 aliphatic carbocycles. The average molecular weight is 154 g/mol. The molecule has 0 fully saturated rings. The van der Waals surface area contributed by atoms with Gasteiger partial charge in [0.25, 0.3) is 0 Å². The maximum atomic E-state index is 6.88. The van der Waals surface area contributed by atoms with E-state index < -0.39 is 0 Å². The lowest BCUT2D eigenvalue weighted by Gasteiger charge is -2.11. The van der Waals surface area contributed by atoms with Crippen LogP contribution in [0.4, 0.5) is 0 Å². The second kappa shape index (κ2) is 5.98. The molecule has 0 saturated carbocycles. The molecule has 3 nitrogen and oxygen atoms in total. The quantitative estimate of drug-likeness (QED) is 0.334. The van der Waals surface area contributed by atoms with Gasteiger partial charge in [-0.05, 0) is 20.0 Å². The molecule has 0 radical (unpaired) electrons. The molecule has 0 aliphatic heterocycles. The van der Waals surface area contributed by atoms with Crippen molar-refractivity contribution in [2.45, 2.75) is 20.1 Å². The molecule has 1 unspecified atom stereocenters. The largest absolute Gasteiger partial charge is 0.367 e. The zero-order valence-corrected chi connectivity index (χ0v) is 7.35. The molecule has 0 bridgehead atoms. The van der Waals surface area contributed by atoms with E-state index in [4.69, 9.17) is 10.1 Å². The van der Waals surface area contributed by atoms with E-state index in [0.717, 1.165) is 5.47 Å². The van der Waals surface area contributed by atoms with Gasteiger partial charge in [0.15, 0.2) is 0 Å². The summed E-state index contributed by atoms with van der Waals surface area (Å²) in [6.07, 6.45) is 3.09. The van der Waals surface area contributed by atoms with Crippen LogP contribution in [0.1, 0.15) is 13.8 Å². The number of nitrogens with one attached hydrogen (secondary N) is 2. The predicted octanol–water partition coefficient (Wildman–Crippen LogP) is 0.0826. The van der Waals surface area contributed by atoms with E-state index in [1.165, 1.54) is 6.21 Å². The average Bonchev–Trinajstić information content (AvgIpc) is 2.01. The van der Waals surface area contributed by atoms with Crippen LogP contribution in [0.5, 0.6) is 0 Å². The Labute approximate surface area is 68.7 Å². The number of ether oxygens (including phenoxy) is 1. The first-order valence-corrected chi connectivity index (χ1v) is 3.75. The fourth-order valence-corrected chi connectivity index (χ4v) is 0.589. The summed E-state index contributed by atoms with van der Waals surface area (Å²) in [5, 5.41) is 9.88. The van der Waals surface area contributed by atoms with Crippen molar-refractivity contribution in [3.63, 3.8) is 0 Å². The summed E-state index contributed by atoms with van der Waals surface area (Å²) in [4.78, 5) is 0. The fourth-order valence-electron chi connectivity index (χ4n) is 0.589. The minimum atomic E-state index is 0.0231. The van der Waals surface area contributed by atoms with Gasteiger partial charge in [-0.3, -0.25) is 0 Å². The highest BCUT2D eigenvalue weighted by Gasteiger charge is 1.93. The van der Waals surface area contributed by atoms with Crippen LogP contribution in [0.25, 0.3) is 0 Å². The van der Waals surface area contributed by atoms with E-state index in [1.54, 1.807) is 6.20 Å². The van der Waals surface area contributed by atoms with E-state index in [0.29, 0.717) is 6.61 Å². The Morgan fingerprint density at radius 1 is 1.82 bits per heavy atom. The maximum absolute atomic E-state index is 6.88. The normalized spacial score (nSPS) is 14.2. The van der Waals surface area contributed by atoms with Gasteiger partial charge in [-0.2, -0.15) is 0 Å². The summed E-state index contributed by atoms with van der Waals surface area (Å²) in [6.45, 7) is 4.58. The summed E-state index contributed by atoms with van der Waals surface area (Å²) in [5.74, 6) is 0. The van der Waals surface area contributed by atoms with Gasteiger partial charge in [0.1, 0.15) is 14.1 Å². The second-order valence-electron chi connectivity index (χ2n) is 2.30. The van der Waals surface area contributed by atoms with E-state index >= 15 is 0 Å². The molecule has 0 heterocycles. The highest BCUT2D eigenvalue weighted by molar-refractivity contribution is 6.32. The van der Waals surface area contributed by atoms with Crippen LogP contribution in [-0.2, 0) is 4.74 Å². The zero-order valence-electron chi connectivity index (χ0n) is 7.35. The molecule has 0 amide bonds. The van der Waals surface area contributed by atoms with Crippen molar-refractivity contribution in [3.05, 3.63) is 11.7 Å². The lowest BCUT2D eigenvalue weighted by atomic mass is 9.99. The molecule has 2 N–H and O–H groups in total. The summed E-state index contributed by atoms with van der Waals surface area (Å²) < 4.78 is 5.21. The SMILES string of the molecule is B/C(C=N)=C/NC(C)OCC. The lowest BCUT2D eigenvalue weighted by molar-refractivity contribution is 0.0620. The standard InChI is InChI=1S/C7H15BN2O/c1-3-11-6(2)10-5-7(8)4-9/h4-6,9-10H,3,8H2,1-2H3/b7-5+,9-4?. The molecule has 0 spiro atoms. The minimum Gasteiger partial charge on any atom is -0.367 e. The van der Waals surface area contributed by atoms with Gasteiger partial charge in [0.05, 0.1) is 0 Å². The van der Waals surface area contributed by atoms with Gasteiger partial charge in [0.2, 0.25) is 0 Å². The van der Waals surface area contributed by atoms with Crippen LogP contribution in [0.2, 0.25) is 0 Å². The van der Waals surface area contributed by atoms with Gasteiger partial charge in [-0.25, -0.2) is 0 Å². The second-order valence-corrected chi connectivity index (χ2v) is 2.30. The number of hydrogen-bond donors (Lipinski definition) is 2. The third-order valence-corrected chi connectivity index (χ3v) is 1.19. The summed E-state index contributed by atoms with van der Waals surface area (Å²) in [6, 6.07) is 0. The van der Waals surface area contributed by atoms with Crippen molar-refractivity contribution in [2.75, 3.05) is 6.61 Å². The Hall–Kier alpha value is -0.765. The van der Waals surface area contributed by atoms with E-state index in [1.807, 2.05) is 21.7 Å². The van der Waals surface area contributed by atoms with E-state index in [2.05, 4.69) is 5.32 Å². The van der Waals surface area contributed by atoms with Crippen LogP contribution in [-0.4, -0.2) is 26.9 Å². The molecule has 11 heavy (non-hydrogen) atoms. The van der Waals surface area contributed by atoms with Crippen molar-refractivity contribution in [2.24, 2.45) is 0 Å². The Bertz CT molecular complexity index is 147. The molecule has 0 aliphatic rings. The molecular weight excluding hydrogens is 139 g/mol. The number of allylic oxidation sites excluding steroid dienone is 1. The molecule has 0 aromatic heterocycles. The van der Waals surface area contributed by atoms with Gasteiger partial charge in [-0.1, -0.05) is 5.47 Å². The maximum Gasteiger partial charge on any atom is 0.143 e. The molecule has 0 saturated heterocycles. The van der Waals surface area contributed by atoms with Gasteiger partial charge in [-0.15, -0.1) is 0 Å². The molecule has 1 atom stereocenters. The van der Waals surface area contributed by atoms with Crippen molar-refractivity contribution in [3.8, 4) is 0 Å². The van der Waals surface area contributed by atoms with Gasteiger partial charge >= 0.3 is 0 Å². The predicted molar refractivity (Wildman–Crippen MR) is 49.6 cm³/mol. The smallest absolute Gasteiger partial charge is 0.143 e. The zero-order chi connectivity index (χ0) is 8.69. The minimum absolute atomic E-state index is 0.0231. The Morgan fingerprint density at radius 3 is 2.91 bits per heavy atom. The van der Waals surface area contributed by atoms with Crippen LogP contribution < -0.4 is 5.32 Å². The third-order valence-electron chi connectivity index (χ3n) is 1.19. The molecule has 4 heteroatoms. The van der Waals surface area contributed by atoms with Crippen LogP contribution in [0, 0.1) is 5.41 Å². The molecular formula is C7H15BN2O. The monoisotopic (exact) mass is 154 g/mol. The highest BCUT2D eigenvalue weighted by Crippen LogP contribution is 1.85. The van der Waals surface area contributed by atoms with E-state index in [9.17, 15) is 0 Å². The summed E-state index contributed by atoms with van der Waals surface area (Å²) >= 11 is 0. The van der Waals surface area contributed by atoms with Gasteiger partial charge in [0, 0.05) is 12.8 Å². The van der Waals surface area contributed by atoms with Crippen molar-refractivity contribution in [1.29, 1.82) is 5.41 Å². The van der Waals surface area contributed by atoms with Crippen molar-refractivity contribution in [1.82, 2.24) is 5.32 Å². The van der Waals surface area contributed by atoms with Crippen molar-refractivity contribution < 1.29 is 4.74 Å². The number of hydrogen-bond acceptors (Lipinski definition) is 3. The summed E-state index contributed by atoms with van der Waals surface area (Å²) in [7, 11) is 1.86. The van der Waals surface area contributed by atoms with Crippen LogP contribution >= 0.6 is 0 Å². The summed E-state index contributed by atoms with van der Waals surface area (Å²) in [5.41, 5.74) is 0.886. The Morgan fingerprint density at radius 2 is 2.45 bits per heavy atom. The van der Waals surface area contributed by atoms with Crippen molar-refractivity contribution >= 4 is 14.1 Å². The Balaban J connectivity index is 3.59. The van der Waals surface area contributed by atoms with Crippen LogP contribution in [0.3, 0.4) is 0 Å². The third kappa shape index (κ3) is 5.67. The first-order chi connectivity index (χ1) is 5.20. The molecule has 0 aromatic carbocycles. The molecule has 0 rings (SSSR count). The number of rotatable bonds is 5. The topological polar surface area (TPSA) is 45.1 Å². The van der Waals surface area contributed by atoms with E-state index in [-0.39, 0.29) is 6.23 Å². The Kier molecular flexibility index (Phi) is 5.56. The first kappa shape index (κ1) is 10.2. The first-order valence-electron chi connectivity index (χ1n) is 3.75. The molecule has 62 valence electrons. The van der Waals surface area contributed by atoms with Gasteiger partial charge < -0.3 is 15.5 Å². The lowest BCUT2D eigenvalue weighted by Crippen LogP contribution is -2.24.